The Morgan fingerprint density at radius 1 is 1.18 bits per heavy atom. The van der Waals surface area contributed by atoms with Crippen LogP contribution in [0.5, 0.6) is 0 Å². The van der Waals surface area contributed by atoms with Crippen LogP contribution in [-0.4, -0.2) is 23.1 Å². The molecular formula is C22H22N2O3S. The van der Waals surface area contributed by atoms with E-state index in [-0.39, 0.29) is 23.7 Å². The minimum Gasteiger partial charge on any atom is -0.464 e. The first-order valence-corrected chi connectivity index (χ1v) is 10.3. The second-order valence-corrected chi connectivity index (χ2v) is 7.97. The molecule has 0 saturated heterocycles. The topological polar surface area (TPSA) is 60.7 Å². The summed E-state index contributed by atoms with van der Waals surface area (Å²) < 4.78 is 7.99. The Morgan fingerprint density at radius 3 is 2.64 bits per heavy atom. The number of ether oxygens (including phenoxy) is 1. The van der Waals surface area contributed by atoms with Gasteiger partial charge in [-0.25, -0.2) is 4.79 Å². The van der Waals surface area contributed by atoms with Crippen LogP contribution < -0.4 is 4.80 Å². The van der Waals surface area contributed by atoms with Gasteiger partial charge in [-0.3, -0.25) is 4.79 Å². The van der Waals surface area contributed by atoms with Crippen LogP contribution in [0.4, 0.5) is 0 Å². The summed E-state index contributed by atoms with van der Waals surface area (Å²) in [6.45, 7) is 3.88. The zero-order valence-electron chi connectivity index (χ0n) is 15.9. The van der Waals surface area contributed by atoms with Crippen molar-refractivity contribution in [2.45, 2.75) is 32.2 Å². The molecule has 1 fully saturated rings. The van der Waals surface area contributed by atoms with Crippen molar-refractivity contribution >= 4 is 33.4 Å². The molecule has 0 N–H and O–H groups in total. The van der Waals surface area contributed by atoms with Crippen molar-refractivity contribution in [2.24, 2.45) is 10.9 Å². The standard InChI is InChI=1S/C22H22N2O3S/c1-3-27-21(26)14(2)24-18-11-7-8-12-19(18)28-22(24)23-20(25)17-13-16(17)15-9-5-4-6-10-15/h4-12,14,16-17H,3,13H2,1-2H3/b23-22+. The van der Waals surface area contributed by atoms with Crippen molar-refractivity contribution in [3.05, 3.63) is 65.0 Å². The lowest BCUT2D eigenvalue weighted by Gasteiger charge is -2.13. The molecule has 0 aliphatic heterocycles. The van der Waals surface area contributed by atoms with Crippen LogP contribution in [0.3, 0.4) is 0 Å². The van der Waals surface area contributed by atoms with Crippen molar-refractivity contribution in [3.8, 4) is 0 Å². The van der Waals surface area contributed by atoms with E-state index in [1.807, 2.05) is 47.0 Å². The predicted molar refractivity (Wildman–Crippen MR) is 109 cm³/mol. The van der Waals surface area contributed by atoms with Gasteiger partial charge in [-0.05, 0) is 43.9 Å². The van der Waals surface area contributed by atoms with Crippen molar-refractivity contribution in [1.82, 2.24) is 4.57 Å². The fraction of sp³-hybridized carbons (Fsp3) is 0.318. The third-order valence-electron chi connectivity index (χ3n) is 5.09. The fourth-order valence-corrected chi connectivity index (χ4v) is 4.63. The maximum atomic E-state index is 12.8. The molecule has 0 bridgehead atoms. The summed E-state index contributed by atoms with van der Waals surface area (Å²) in [5.41, 5.74) is 2.06. The molecule has 1 heterocycles. The Labute approximate surface area is 167 Å². The number of esters is 1. The van der Waals surface area contributed by atoms with E-state index in [4.69, 9.17) is 4.74 Å². The summed E-state index contributed by atoms with van der Waals surface area (Å²) in [6, 6.07) is 17.3. The number of aromatic nitrogens is 1. The number of thiazole rings is 1. The Bertz CT molecular complexity index is 1080. The zero-order valence-corrected chi connectivity index (χ0v) is 16.7. The second-order valence-electron chi connectivity index (χ2n) is 6.96. The molecule has 0 spiro atoms. The van der Waals surface area contributed by atoms with E-state index in [9.17, 15) is 9.59 Å². The summed E-state index contributed by atoms with van der Waals surface area (Å²) in [4.78, 5) is 30.1. The first-order valence-electron chi connectivity index (χ1n) is 9.50. The molecule has 3 aromatic rings. The third-order valence-corrected chi connectivity index (χ3v) is 6.12. The lowest BCUT2D eigenvalue weighted by Crippen LogP contribution is -2.27. The maximum absolute atomic E-state index is 12.8. The molecule has 28 heavy (non-hydrogen) atoms. The number of rotatable bonds is 5. The van der Waals surface area contributed by atoms with Gasteiger partial charge in [0.1, 0.15) is 6.04 Å². The van der Waals surface area contributed by atoms with E-state index >= 15 is 0 Å². The molecule has 3 unspecified atom stereocenters. The van der Waals surface area contributed by atoms with Crippen LogP contribution in [0.25, 0.3) is 10.2 Å². The average molecular weight is 394 g/mol. The second kappa shape index (κ2) is 7.72. The van der Waals surface area contributed by atoms with Crippen molar-refractivity contribution in [3.63, 3.8) is 0 Å². The van der Waals surface area contributed by atoms with Gasteiger partial charge in [-0.1, -0.05) is 53.8 Å². The first-order chi connectivity index (χ1) is 13.6. The number of benzene rings is 2. The van der Waals surface area contributed by atoms with Crippen molar-refractivity contribution in [2.75, 3.05) is 6.61 Å². The molecular weight excluding hydrogens is 372 g/mol. The lowest BCUT2D eigenvalue weighted by atomic mass is 10.1. The van der Waals surface area contributed by atoms with Crippen LogP contribution in [0.1, 0.15) is 37.8 Å². The molecule has 1 amide bonds. The zero-order chi connectivity index (χ0) is 19.7. The highest BCUT2D eigenvalue weighted by Crippen LogP contribution is 2.48. The minimum atomic E-state index is -0.549. The highest BCUT2D eigenvalue weighted by Gasteiger charge is 2.44. The molecule has 0 radical (unpaired) electrons. The predicted octanol–water partition coefficient (Wildman–Crippen LogP) is 4.06. The van der Waals surface area contributed by atoms with Crippen molar-refractivity contribution < 1.29 is 14.3 Å². The Balaban J connectivity index is 1.69. The van der Waals surface area contributed by atoms with E-state index < -0.39 is 6.04 Å². The molecule has 144 valence electrons. The monoisotopic (exact) mass is 394 g/mol. The highest BCUT2D eigenvalue weighted by molar-refractivity contribution is 7.16. The quantitative estimate of drug-likeness (QED) is 0.613. The number of para-hydroxylation sites is 1. The highest BCUT2D eigenvalue weighted by atomic mass is 32.1. The van der Waals surface area contributed by atoms with E-state index in [0.29, 0.717) is 11.4 Å². The van der Waals surface area contributed by atoms with E-state index in [2.05, 4.69) is 17.1 Å². The summed E-state index contributed by atoms with van der Waals surface area (Å²) in [5.74, 6) is -0.291. The maximum Gasteiger partial charge on any atom is 0.328 e. The molecule has 1 aliphatic carbocycles. The fourth-order valence-electron chi connectivity index (χ4n) is 3.53. The number of fused-ring (bicyclic) bond motifs is 1. The minimum absolute atomic E-state index is 0.0843. The van der Waals surface area contributed by atoms with E-state index in [1.54, 1.807) is 13.8 Å². The van der Waals surface area contributed by atoms with Crippen LogP contribution in [0.15, 0.2) is 59.6 Å². The van der Waals surface area contributed by atoms with Crippen LogP contribution in [0, 0.1) is 5.92 Å². The van der Waals surface area contributed by atoms with Gasteiger partial charge in [0.15, 0.2) is 4.80 Å². The normalized spacial score (nSPS) is 20.1. The van der Waals surface area contributed by atoms with Gasteiger partial charge in [0.25, 0.3) is 5.91 Å². The Kier molecular flexibility index (Phi) is 5.13. The Hall–Kier alpha value is -2.73. The number of nitrogens with zero attached hydrogens (tertiary/aromatic N) is 2. The molecule has 1 saturated carbocycles. The molecule has 5 nitrogen and oxygen atoms in total. The molecule has 1 aromatic heterocycles. The molecule has 1 aliphatic rings. The van der Waals surface area contributed by atoms with Crippen molar-refractivity contribution in [1.29, 1.82) is 0 Å². The van der Waals surface area contributed by atoms with E-state index in [0.717, 1.165) is 16.6 Å². The summed E-state index contributed by atoms with van der Waals surface area (Å²) >= 11 is 1.43. The lowest BCUT2D eigenvalue weighted by molar-refractivity contribution is -0.146. The molecule has 2 aromatic carbocycles. The number of hydrogen-bond acceptors (Lipinski definition) is 4. The van der Waals surface area contributed by atoms with Crippen LogP contribution >= 0.6 is 11.3 Å². The van der Waals surface area contributed by atoms with E-state index in [1.165, 1.54) is 16.9 Å². The SMILES string of the molecule is CCOC(=O)C(C)n1/c(=N\C(=O)C2CC2c2ccccc2)sc2ccccc21. The molecule has 6 heteroatoms. The van der Waals surface area contributed by atoms with Gasteiger partial charge in [0, 0.05) is 5.92 Å². The molecule has 3 atom stereocenters. The van der Waals surface area contributed by atoms with Gasteiger partial charge < -0.3 is 9.30 Å². The Morgan fingerprint density at radius 2 is 1.89 bits per heavy atom. The molecule has 4 rings (SSSR count). The van der Waals surface area contributed by atoms with Gasteiger partial charge in [-0.2, -0.15) is 4.99 Å². The van der Waals surface area contributed by atoms with Gasteiger partial charge in [-0.15, -0.1) is 0 Å². The van der Waals surface area contributed by atoms with Crippen LogP contribution in [-0.2, 0) is 14.3 Å². The summed E-state index contributed by atoms with van der Waals surface area (Å²) in [6.07, 6.45) is 0.824. The number of hydrogen-bond donors (Lipinski definition) is 0. The average Bonchev–Trinajstić information content (AvgIpc) is 3.44. The summed E-state index contributed by atoms with van der Waals surface area (Å²) in [5, 5.41) is 0. The smallest absolute Gasteiger partial charge is 0.328 e. The van der Waals surface area contributed by atoms with Crippen LogP contribution in [0.2, 0.25) is 0 Å². The third kappa shape index (κ3) is 3.52. The first kappa shape index (κ1) is 18.6. The van der Waals surface area contributed by atoms with Gasteiger partial charge in [0.2, 0.25) is 0 Å². The number of carbonyl (C=O) groups is 2. The van der Waals surface area contributed by atoms with Gasteiger partial charge >= 0.3 is 5.97 Å². The number of amides is 1. The summed E-state index contributed by atoms with van der Waals surface area (Å²) in [7, 11) is 0. The number of carbonyl (C=O) groups excluding carboxylic acids is 2. The largest absolute Gasteiger partial charge is 0.464 e. The van der Waals surface area contributed by atoms with Gasteiger partial charge in [0.05, 0.1) is 16.8 Å².